The van der Waals surface area contributed by atoms with Gasteiger partial charge in [-0.25, -0.2) is 12.7 Å². The molecule has 0 fully saturated rings. The van der Waals surface area contributed by atoms with Crippen LogP contribution in [-0.4, -0.2) is 30.9 Å². The van der Waals surface area contributed by atoms with E-state index < -0.39 is 15.9 Å². The third-order valence-electron chi connectivity index (χ3n) is 4.02. The number of hydrogen-bond acceptors (Lipinski definition) is 4. The highest BCUT2D eigenvalue weighted by Crippen LogP contribution is 2.30. The zero-order valence-corrected chi connectivity index (χ0v) is 15.2. The quantitative estimate of drug-likeness (QED) is 0.761. The standard InChI is InChI=1S/C18H19NO3S2/c1-13(2)14-7-9-15(10-8-14)23-12-11-19-18(20)16-5-3-4-6-17(16)24(19,21)22/h3-10,13H,11-12H2,1-2H3. The molecule has 0 bridgehead atoms. The number of hydrogen-bond donors (Lipinski definition) is 0. The molecule has 0 unspecified atom stereocenters. The highest BCUT2D eigenvalue weighted by molar-refractivity contribution is 7.99. The summed E-state index contributed by atoms with van der Waals surface area (Å²) >= 11 is 1.55. The number of carbonyl (C=O) groups excluding carboxylic acids is 1. The third kappa shape index (κ3) is 3.08. The summed E-state index contributed by atoms with van der Waals surface area (Å²) < 4.78 is 25.9. The Morgan fingerprint density at radius 1 is 1.04 bits per heavy atom. The van der Waals surface area contributed by atoms with Crippen molar-refractivity contribution in [3.05, 3.63) is 59.7 Å². The van der Waals surface area contributed by atoms with Crippen molar-refractivity contribution in [2.45, 2.75) is 29.6 Å². The lowest BCUT2D eigenvalue weighted by molar-refractivity contribution is 0.0876. The maximum absolute atomic E-state index is 12.5. The highest BCUT2D eigenvalue weighted by Gasteiger charge is 2.40. The van der Waals surface area contributed by atoms with Gasteiger partial charge in [-0.3, -0.25) is 4.79 Å². The molecule has 4 nitrogen and oxygen atoms in total. The number of thioether (sulfide) groups is 1. The predicted octanol–water partition coefficient (Wildman–Crippen LogP) is 3.75. The van der Waals surface area contributed by atoms with Crippen LogP contribution in [0.2, 0.25) is 0 Å². The minimum absolute atomic E-state index is 0.112. The third-order valence-corrected chi connectivity index (χ3v) is 6.85. The van der Waals surface area contributed by atoms with Gasteiger partial charge in [0.2, 0.25) is 0 Å². The molecule has 0 radical (unpaired) electrons. The second-order valence-electron chi connectivity index (χ2n) is 5.95. The van der Waals surface area contributed by atoms with Crippen LogP contribution in [0.3, 0.4) is 0 Å². The summed E-state index contributed by atoms with van der Waals surface area (Å²) in [7, 11) is -3.70. The predicted molar refractivity (Wildman–Crippen MR) is 95.9 cm³/mol. The fourth-order valence-corrected chi connectivity index (χ4v) is 5.17. The number of sulfonamides is 1. The lowest BCUT2D eigenvalue weighted by Crippen LogP contribution is -2.32. The summed E-state index contributed by atoms with van der Waals surface area (Å²) in [5.74, 6) is 0.580. The van der Waals surface area contributed by atoms with Gasteiger partial charge in [0, 0.05) is 17.2 Å². The van der Waals surface area contributed by atoms with E-state index in [4.69, 9.17) is 0 Å². The number of benzene rings is 2. The van der Waals surface area contributed by atoms with E-state index in [-0.39, 0.29) is 17.0 Å². The molecule has 0 saturated heterocycles. The van der Waals surface area contributed by atoms with Crippen LogP contribution in [0.15, 0.2) is 58.3 Å². The topological polar surface area (TPSA) is 54.5 Å². The number of carbonyl (C=O) groups is 1. The molecule has 0 aromatic heterocycles. The fourth-order valence-electron chi connectivity index (χ4n) is 2.65. The molecule has 0 saturated carbocycles. The van der Waals surface area contributed by atoms with Gasteiger partial charge in [-0.1, -0.05) is 38.1 Å². The van der Waals surface area contributed by atoms with Gasteiger partial charge in [0.1, 0.15) is 4.90 Å². The van der Waals surface area contributed by atoms with Crippen molar-refractivity contribution in [2.75, 3.05) is 12.3 Å². The molecule has 1 aliphatic rings. The van der Waals surface area contributed by atoms with Crippen LogP contribution in [0.1, 0.15) is 35.7 Å². The van der Waals surface area contributed by atoms with E-state index in [0.29, 0.717) is 11.7 Å². The number of fused-ring (bicyclic) bond motifs is 1. The van der Waals surface area contributed by atoms with Gasteiger partial charge in [0.15, 0.2) is 0 Å². The van der Waals surface area contributed by atoms with E-state index in [2.05, 4.69) is 26.0 Å². The first-order chi connectivity index (χ1) is 11.4. The summed E-state index contributed by atoms with van der Waals surface area (Å²) in [6, 6.07) is 14.6. The number of amides is 1. The lowest BCUT2D eigenvalue weighted by atomic mass is 10.0. The molecular weight excluding hydrogens is 342 g/mol. The molecule has 126 valence electrons. The second kappa shape index (κ2) is 6.61. The Morgan fingerprint density at radius 3 is 2.33 bits per heavy atom. The van der Waals surface area contributed by atoms with Gasteiger partial charge in [-0.05, 0) is 35.7 Å². The first kappa shape index (κ1) is 17.0. The van der Waals surface area contributed by atoms with E-state index in [1.807, 2.05) is 12.1 Å². The van der Waals surface area contributed by atoms with Crippen LogP contribution in [-0.2, 0) is 10.0 Å². The average Bonchev–Trinajstić information content (AvgIpc) is 2.76. The largest absolute Gasteiger partial charge is 0.269 e. The highest BCUT2D eigenvalue weighted by atomic mass is 32.2. The Balaban J connectivity index is 1.66. The molecule has 6 heteroatoms. The van der Waals surface area contributed by atoms with E-state index in [1.54, 1.807) is 30.0 Å². The Kier molecular flexibility index (Phi) is 4.69. The lowest BCUT2D eigenvalue weighted by Gasteiger charge is -2.14. The summed E-state index contributed by atoms with van der Waals surface area (Å²) in [5, 5.41) is 0. The van der Waals surface area contributed by atoms with Crippen molar-refractivity contribution < 1.29 is 13.2 Å². The Morgan fingerprint density at radius 2 is 1.71 bits per heavy atom. The SMILES string of the molecule is CC(C)c1ccc(SCCN2C(=O)c3ccccc3S2(=O)=O)cc1. The van der Waals surface area contributed by atoms with Crippen molar-refractivity contribution in [3.63, 3.8) is 0 Å². The van der Waals surface area contributed by atoms with Gasteiger partial charge < -0.3 is 0 Å². The zero-order valence-electron chi connectivity index (χ0n) is 13.6. The first-order valence-electron chi connectivity index (χ1n) is 7.80. The van der Waals surface area contributed by atoms with Gasteiger partial charge in [-0.15, -0.1) is 11.8 Å². The monoisotopic (exact) mass is 361 g/mol. The Labute approximate surface area is 146 Å². The molecule has 0 spiro atoms. The maximum Gasteiger partial charge on any atom is 0.269 e. The molecule has 1 heterocycles. The van der Waals surface area contributed by atoms with Crippen LogP contribution < -0.4 is 0 Å². The van der Waals surface area contributed by atoms with Crippen molar-refractivity contribution in [1.29, 1.82) is 0 Å². The molecular formula is C18H19NO3S2. The molecule has 1 aliphatic heterocycles. The van der Waals surface area contributed by atoms with Crippen molar-refractivity contribution >= 4 is 27.7 Å². The van der Waals surface area contributed by atoms with Crippen LogP contribution in [0.5, 0.6) is 0 Å². The van der Waals surface area contributed by atoms with Crippen LogP contribution >= 0.6 is 11.8 Å². The maximum atomic E-state index is 12.5. The average molecular weight is 361 g/mol. The summed E-state index contributed by atoms with van der Waals surface area (Å²) in [4.78, 5) is 13.5. The van der Waals surface area contributed by atoms with Crippen molar-refractivity contribution in [2.24, 2.45) is 0 Å². The smallest absolute Gasteiger partial charge is 0.268 e. The van der Waals surface area contributed by atoms with Crippen LogP contribution in [0.25, 0.3) is 0 Å². The normalized spacial score (nSPS) is 15.8. The minimum atomic E-state index is -3.70. The van der Waals surface area contributed by atoms with E-state index in [1.165, 1.54) is 11.6 Å². The summed E-state index contributed by atoms with van der Waals surface area (Å²) in [6.45, 7) is 4.46. The van der Waals surface area contributed by atoms with E-state index in [0.717, 1.165) is 9.20 Å². The zero-order chi connectivity index (χ0) is 17.3. The van der Waals surface area contributed by atoms with Gasteiger partial charge in [0.05, 0.1) is 5.56 Å². The van der Waals surface area contributed by atoms with Crippen molar-refractivity contribution in [3.8, 4) is 0 Å². The van der Waals surface area contributed by atoms with Crippen molar-refractivity contribution in [1.82, 2.24) is 4.31 Å². The van der Waals surface area contributed by atoms with Gasteiger partial charge in [-0.2, -0.15) is 0 Å². The number of nitrogens with zero attached hydrogens (tertiary/aromatic N) is 1. The summed E-state index contributed by atoms with van der Waals surface area (Å²) in [6.07, 6.45) is 0. The molecule has 1 amide bonds. The second-order valence-corrected chi connectivity index (χ2v) is 8.95. The summed E-state index contributed by atoms with van der Waals surface area (Å²) in [5.41, 5.74) is 1.54. The molecule has 0 N–H and O–H groups in total. The molecule has 0 atom stereocenters. The van der Waals surface area contributed by atoms with Gasteiger partial charge in [0.25, 0.3) is 15.9 Å². The van der Waals surface area contributed by atoms with Gasteiger partial charge >= 0.3 is 0 Å². The molecule has 2 aromatic carbocycles. The molecule has 2 aromatic rings. The minimum Gasteiger partial charge on any atom is -0.268 e. The van der Waals surface area contributed by atoms with Crippen LogP contribution in [0, 0.1) is 0 Å². The Bertz CT molecular complexity index is 858. The Hall–Kier alpha value is -1.79. The molecule has 0 aliphatic carbocycles. The molecule has 24 heavy (non-hydrogen) atoms. The van der Waals surface area contributed by atoms with E-state index >= 15 is 0 Å². The van der Waals surface area contributed by atoms with Crippen LogP contribution in [0.4, 0.5) is 0 Å². The molecule has 3 rings (SSSR count). The van der Waals surface area contributed by atoms with E-state index in [9.17, 15) is 13.2 Å². The fraction of sp³-hybridized carbons (Fsp3) is 0.278. The number of rotatable bonds is 5. The first-order valence-corrected chi connectivity index (χ1v) is 10.2.